The van der Waals surface area contributed by atoms with Crippen molar-refractivity contribution in [3.05, 3.63) is 54.1 Å². The Balaban J connectivity index is 2.02. The van der Waals surface area contributed by atoms with Gasteiger partial charge in [-0.3, -0.25) is 9.59 Å². The molecule has 0 unspecified atom stereocenters. The molecule has 5 nitrogen and oxygen atoms in total. The summed E-state index contributed by atoms with van der Waals surface area (Å²) in [6, 6.07) is 14.9. The number of aryl methyl sites for hydroxylation is 1. The Labute approximate surface area is 142 Å². The van der Waals surface area contributed by atoms with Crippen molar-refractivity contribution in [2.45, 2.75) is 20.3 Å². The van der Waals surface area contributed by atoms with Gasteiger partial charge >= 0.3 is 0 Å². The molecule has 2 aromatic rings. The molecule has 0 aromatic heterocycles. The molecular formula is C19H22N2O3. The number of amides is 2. The predicted octanol–water partition coefficient (Wildman–Crippen LogP) is 3.39. The van der Waals surface area contributed by atoms with Gasteiger partial charge in [-0.1, -0.05) is 24.3 Å². The standard InChI is InChI=1S/C19H22N2O3/c1-14-9-10-18(24-3)17(13-14)20-19(23)11-12-21(15(2)22)16-7-5-4-6-8-16/h4-10,13H,11-12H2,1-3H3,(H,20,23). The van der Waals surface area contributed by atoms with Gasteiger partial charge in [0.05, 0.1) is 12.8 Å². The number of carbonyl (C=O) groups is 2. The van der Waals surface area contributed by atoms with Gasteiger partial charge in [0.15, 0.2) is 0 Å². The lowest BCUT2D eigenvalue weighted by atomic mass is 10.2. The van der Waals surface area contributed by atoms with Crippen LogP contribution < -0.4 is 15.0 Å². The first kappa shape index (κ1) is 17.5. The topological polar surface area (TPSA) is 58.6 Å². The number of nitrogens with one attached hydrogen (secondary N) is 1. The summed E-state index contributed by atoms with van der Waals surface area (Å²) in [6.07, 6.45) is 0.200. The van der Waals surface area contributed by atoms with E-state index in [0.717, 1.165) is 11.3 Å². The number of hydrogen-bond acceptors (Lipinski definition) is 3. The van der Waals surface area contributed by atoms with Crippen molar-refractivity contribution in [1.29, 1.82) is 0 Å². The van der Waals surface area contributed by atoms with Gasteiger partial charge < -0.3 is 15.0 Å². The molecule has 0 bridgehead atoms. The Kier molecular flexibility index (Phi) is 5.95. The van der Waals surface area contributed by atoms with Gasteiger partial charge in [-0.25, -0.2) is 0 Å². The summed E-state index contributed by atoms with van der Waals surface area (Å²) in [5.74, 6) is 0.351. The van der Waals surface area contributed by atoms with E-state index in [1.165, 1.54) is 6.92 Å². The SMILES string of the molecule is COc1ccc(C)cc1NC(=O)CCN(C(C)=O)c1ccccc1. The highest BCUT2D eigenvalue weighted by atomic mass is 16.5. The fourth-order valence-electron chi connectivity index (χ4n) is 2.42. The van der Waals surface area contributed by atoms with Gasteiger partial charge in [-0.15, -0.1) is 0 Å². The molecule has 0 saturated heterocycles. The number of hydrogen-bond donors (Lipinski definition) is 1. The molecule has 2 aromatic carbocycles. The van der Waals surface area contributed by atoms with E-state index in [-0.39, 0.29) is 18.2 Å². The highest BCUT2D eigenvalue weighted by Crippen LogP contribution is 2.25. The fourth-order valence-corrected chi connectivity index (χ4v) is 2.42. The molecule has 0 atom stereocenters. The Hall–Kier alpha value is -2.82. The number of nitrogens with zero attached hydrogens (tertiary/aromatic N) is 1. The molecule has 2 rings (SSSR count). The number of methoxy groups -OCH3 is 1. The molecule has 0 radical (unpaired) electrons. The van der Waals surface area contributed by atoms with Gasteiger partial charge in [0.2, 0.25) is 11.8 Å². The van der Waals surface area contributed by atoms with Crippen LogP contribution in [0.2, 0.25) is 0 Å². The number of para-hydroxylation sites is 1. The zero-order valence-corrected chi connectivity index (χ0v) is 14.2. The normalized spacial score (nSPS) is 10.1. The average Bonchev–Trinajstić information content (AvgIpc) is 2.56. The molecule has 0 saturated carbocycles. The van der Waals surface area contributed by atoms with E-state index in [2.05, 4.69) is 5.32 Å². The molecule has 0 aliphatic rings. The Bertz CT molecular complexity index is 714. The van der Waals surface area contributed by atoms with Crippen LogP contribution in [0.1, 0.15) is 18.9 Å². The average molecular weight is 326 g/mol. The van der Waals surface area contributed by atoms with Crippen molar-refractivity contribution >= 4 is 23.2 Å². The van der Waals surface area contributed by atoms with Crippen molar-refractivity contribution in [2.75, 3.05) is 23.9 Å². The zero-order valence-electron chi connectivity index (χ0n) is 14.2. The van der Waals surface area contributed by atoms with Gasteiger partial charge in [0.25, 0.3) is 0 Å². The maximum Gasteiger partial charge on any atom is 0.226 e. The minimum absolute atomic E-state index is 0.0952. The van der Waals surface area contributed by atoms with E-state index in [1.807, 2.05) is 55.5 Å². The molecule has 0 fully saturated rings. The van der Waals surface area contributed by atoms with Crippen LogP contribution in [0.25, 0.3) is 0 Å². The van der Waals surface area contributed by atoms with Crippen LogP contribution in [0, 0.1) is 6.92 Å². The Morgan fingerprint density at radius 3 is 2.46 bits per heavy atom. The lowest BCUT2D eigenvalue weighted by Gasteiger charge is -2.21. The molecule has 5 heteroatoms. The summed E-state index contributed by atoms with van der Waals surface area (Å²) in [5.41, 5.74) is 2.45. The van der Waals surface area contributed by atoms with Crippen LogP contribution in [0.3, 0.4) is 0 Å². The molecule has 0 aliphatic carbocycles. The molecule has 1 N–H and O–H groups in total. The molecule has 126 valence electrons. The monoisotopic (exact) mass is 326 g/mol. The second-order valence-electron chi connectivity index (χ2n) is 5.51. The third kappa shape index (κ3) is 4.59. The third-order valence-electron chi connectivity index (χ3n) is 3.64. The third-order valence-corrected chi connectivity index (χ3v) is 3.64. The summed E-state index contributed by atoms with van der Waals surface area (Å²) in [7, 11) is 1.56. The lowest BCUT2D eigenvalue weighted by Crippen LogP contribution is -2.31. The summed E-state index contributed by atoms with van der Waals surface area (Å²) in [6.45, 7) is 3.76. The van der Waals surface area contributed by atoms with Crippen molar-refractivity contribution < 1.29 is 14.3 Å². The second kappa shape index (κ2) is 8.15. The molecule has 0 aliphatic heterocycles. The van der Waals surface area contributed by atoms with Crippen molar-refractivity contribution in [2.24, 2.45) is 0 Å². The molecule has 24 heavy (non-hydrogen) atoms. The fraction of sp³-hybridized carbons (Fsp3) is 0.263. The molecule has 2 amide bonds. The largest absolute Gasteiger partial charge is 0.495 e. The predicted molar refractivity (Wildman–Crippen MR) is 95.4 cm³/mol. The van der Waals surface area contributed by atoms with E-state index >= 15 is 0 Å². The molecule has 0 heterocycles. The smallest absolute Gasteiger partial charge is 0.226 e. The van der Waals surface area contributed by atoms with Gasteiger partial charge in [-0.2, -0.15) is 0 Å². The minimum atomic E-state index is -0.166. The Morgan fingerprint density at radius 2 is 1.83 bits per heavy atom. The minimum Gasteiger partial charge on any atom is -0.495 e. The summed E-state index contributed by atoms with van der Waals surface area (Å²) in [5, 5.41) is 2.85. The lowest BCUT2D eigenvalue weighted by molar-refractivity contribution is -0.117. The maximum absolute atomic E-state index is 12.2. The van der Waals surface area contributed by atoms with Crippen LogP contribution in [-0.4, -0.2) is 25.5 Å². The number of benzene rings is 2. The quantitative estimate of drug-likeness (QED) is 0.885. The zero-order chi connectivity index (χ0) is 17.5. The van der Waals surface area contributed by atoms with Gasteiger partial charge in [0, 0.05) is 25.6 Å². The van der Waals surface area contributed by atoms with E-state index in [9.17, 15) is 9.59 Å². The number of ether oxygens (including phenoxy) is 1. The van der Waals surface area contributed by atoms with E-state index < -0.39 is 0 Å². The van der Waals surface area contributed by atoms with E-state index in [0.29, 0.717) is 18.0 Å². The highest BCUT2D eigenvalue weighted by Gasteiger charge is 2.14. The van der Waals surface area contributed by atoms with Crippen LogP contribution >= 0.6 is 0 Å². The number of carbonyl (C=O) groups excluding carboxylic acids is 2. The van der Waals surface area contributed by atoms with Gasteiger partial charge in [0.1, 0.15) is 5.75 Å². The van der Waals surface area contributed by atoms with Crippen LogP contribution in [0.15, 0.2) is 48.5 Å². The van der Waals surface area contributed by atoms with Gasteiger partial charge in [-0.05, 0) is 36.8 Å². The first-order chi connectivity index (χ1) is 11.5. The van der Waals surface area contributed by atoms with Crippen molar-refractivity contribution in [3.63, 3.8) is 0 Å². The molecular weight excluding hydrogens is 304 g/mol. The van der Waals surface area contributed by atoms with Crippen LogP contribution in [0.5, 0.6) is 5.75 Å². The van der Waals surface area contributed by atoms with E-state index in [1.54, 1.807) is 12.0 Å². The van der Waals surface area contributed by atoms with Crippen LogP contribution in [-0.2, 0) is 9.59 Å². The molecule has 0 spiro atoms. The second-order valence-corrected chi connectivity index (χ2v) is 5.51. The summed E-state index contributed by atoms with van der Waals surface area (Å²) in [4.78, 5) is 25.7. The highest BCUT2D eigenvalue weighted by molar-refractivity contribution is 5.95. The van der Waals surface area contributed by atoms with Crippen molar-refractivity contribution in [3.8, 4) is 5.75 Å². The Morgan fingerprint density at radius 1 is 1.12 bits per heavy atom. The first-order valence-electron chi connectivity index (χ1n) is 7.79. The van der Waals surface area contributed by atoms with E-state index in [4.69, 9.17) is 4.74 Å². The summed E-state index contributed by atoms with van der Waals surface area (Å²) < 4.78 is 5.26. The maximum atomic E-state index is 12.2. The summed E-state index contributed by atoms with van der Waals surface area (Å²) >= 11 is 0. The number of anilines is 2. The van der Waals surface area contributed by atoms with Crippen LogP contribution in [0.4, 0.5) is 11.4 Å². The van der Waals surface area contributed by atoms with Crippen molar-refractivity contribution in [1.82, 2.24) is 0 Å². The first-order valence-corrected chi connectivity index (χ1v) is 7.79. The number of rotatable bonds is 6.